The number of nitrogens with zero attached hydrogens (tertiary/aromatic N) is 2. The third kappa shape index (κ3) is 3.06. The second kappa shape index (κ2) is 6.06. The second-order valence-corrected chi connectivity index (χ2v) is 7.13. The molecular formula is C12H12N2S4. The van der Waals surface area contributed by atoms with Crippen LogP contribution >= 0.6 is 46.0 Å². The highest BCUT2D eigenvalue weighted by atomic mass is 33.1. The molecule has 0 aliphatic heterocycles. The number of aryl methyl sites for hydroxylation is 2. The first kappa shape index (κ1) is 13.9. The molecule has 2 nitrogen and oxygen atoms in total. The first-order valence-electron chi connectivity index (χ1n) is 5.30. The maximum atomic E-state index is 5.38. The summed E-state index contributed by atoms with van der Waals surface area (Å²) >= 11 is 10.8. The molecule has 0 bridgehead atoms. The average molecular weight is 313 g/mol. The molecule has 0 saturated carbocycles. The van der Waals surface area contributed by atoms with Gasteiger partial charge in [-0.05, 0) is 59.7 Å². The van der Waals surface area contributed by atoms with Crippen molar-refractivity contribution >= 4 is 54.7 Å². The Kier molecular flexibility index (Phi) is 4.66. The van der Waals surface area contributed by atoms with E-state index in [2.05, 4.69) is 0 Å². The standard InChI is InChI=1S/C12H12N2S4/c1-9-5-3-7-13(9)11(15)17-18-12(16)14-8-4-6-10(14)2/h3-8H,1-2H3. The highest BCUT2D eigenvalue weighted by Gasteiger charge is 2.08. The molecule has 2 aromatic rings. The lowest BCUT2D eigenvalue weighted by Crippen LogP contribution is -2.07. The Morgan fingerprint density at radius 1 is 0.889 bits per heavy atom. The summed E-state index contributed by atoms with van der Waals surface area (Å²) in [6.07, 6.45) is 3.93. The molecule has 0 aromatic carbocycles. The Morgan fingerprint density at radius 3 is 1.56 bits per heavy atom. The number of aromatic nitrogens is 2. The van der Waals surface area contributed by atoms with Crippen molar-refractivity contribution < 1.29 is 0 Å². The van der Waals surface area contributed by atoms with Crippen LogP contribution in [0.3, 0.4) is 0 Å². The number of hydrogen-bond acceptors (Lipinski definition) is 4. The predicted octanol–water partition coefficient (Wildman–Crippen LogP) is 4.25. The molecule has 94 valence electrons. The Bertz CT molecular complexity index is 530. The van der Waals surface area contributed by atoms with Gasteiger partial charge in [0, 0.05) is 23.8 Å². The van der Waals surface area contributed by atoms with Crippen molar-refractivity contribution in [1.29, 1.82) is 0 Å². The van der Waals surface area contributed by atoms with Crippen molar-refractivity contribution in [3.63, 3.8) is 0 Å². The van der Waals surface area contributed by atoms with E-state index in [9.17, 15) is 0 Å². The molecular weight excluding hydrogens is 300 g/mol. The topological polar surface area (TPSA) is 9.86 Å². The van der Waals surface area contributed by atoms with Crippen molar-refractivity contribution in [3.05, 3.63) is 48.0 Å². The molecule has 0 saturated heterocycles. The number of rotatable bonds is 0. The fourth-order valence-electron chi connectivity index (χ4n) is 1.49. The van der Waals surface area contributed by atoms with E-state index in [0.717, 1.165) is 20.0 Å². The Hall–Kier alpha value is -0.560. The van der Waals surface area contributed by atoms with Gasteiger partial charge in [-0.2, -0.15) is 0 Å². The van der Waals surface area contributed by atoms with Crippen LogP contribution in [0.5, 0.6) is 0 Å². The molecule has 0 aliphatic rings. The zero-order chi connectivity index (χ0) is 13.1. The largest absolute Gasteiger partial charge is 0.306 e. The van der Waals surface area contributed by atoms with E-state index in [1.165, 1.54) is 21.6 Å². The maximum absolute atomic E-state index is 5.38. The van der Waals surface area contributed by atoms with Crippen molar-refractivity contribution in [2.45, 2.75) is 13.8 Å². The molecule has 0 aliphatic carbocycles. The van der Waals surface area contributed by atoms with Gasteiger partial charge < -0.3 is 9.13 Å². The van der Waals surface area contributed by atoms with E-state index in [1.807, 2.05) is 59.6 Å². The minimum absolute atomic E-state index is 0.801. The molecule has 0 fully saturated rings. The molecule has 2 aromatic heterocycles. The van der Waals surface area contributed by atoms with Crippen molar-refractivity contribution in [2.75, 3.05) is 0 Å². The van der Waals surface area contributed by atoms with Crippen LogP contribution in [0.15, 0.2) is 36.7 Å². The van der Waals surface area contributed by atoms with E-state index in [-0.39, 0.29) is 0 Å². The Morgan fingerprint density at radius 2 is 1.28 bits per heavy atom. The number of thiocarbonyl (C=S) groups is 2. The first-order chi connectivity index (χ1) is 8.59. The third-order valence-electron chi connectivity index (χ3n) is 2.48. The summed E-state index contributed by atoms with van der Waals surface area (Å²) in [5.74, 6) is 0. The Labute approximate surface area is 125 Å². The molecule has 0 amide bonds. The molecule has 6 heteroatoms. The van der Waals surface area contributed by atoms with Gasteiger partial charge >= 0.3 is 0 Å². The van der Waals surface area contributed by atoms with Gasteiger partial charge in [0.2, 0.25) is 0 Å². The van der Waals surface area contributed by atoms with Gasteiger partial charge in [0.1, 0.15) is 0 Å². The van der Waals surface area contributed by atoms with Crippen LogP contribution in [0, 0.1) is 13.8 Å². The molecule has 0 N–H and O–H groups in total. The molecule has 0 unspecified atom stereocenters. The summed E-state index contributed by atoms with van der Waals surface area (Å²) in [5.41, 5.74) is 2.27. The number of hydrogen-bond donors (Lipinski definition) is 0. The zero-order valence-electron chi connectivity index (χ0n) is 9.99. The quantitative estimate of drug-likeness (QED) is 0.531. The summed E-state index contributed by atoms with van der Waals surface area (Å²) in [5, 5.41) is 0. The summed E-state index contributed by atoms with van der Waals surface area (Å²) in [6, 6.07) is 8.04. The molecule has 18 heavy (non-hydrogen) atoms. The van der Waals surface area contributed by atoms with E-state index >= 15 is 0 Å². The zero-order valence-corrected chi connectivity index (χ0v) is 13.3. The lowest BCUT2D eigenvalue weighted by Gasteiger charge is -2.09. The van der Waals surface area contributed by atoms with Crippen LogP contribution in [0.2, 0.25) is 0 Å². The van der Waals surface area contributed by atoms with E-state index in [4.69, 9.17) is 24.4 Å². The van der Waals surface area contributed by atoms with Crippen LogP contribution in [-0.4, -0.2) is 17.8 Å². The molecule has 0 spiro atoms. The van der Waals surface area contributed by atoms with Crippen LogP contribution in [-0.2, 0) is 0 Å². The van der Waals surface area contributed by atoms with Crippen LogP contribution in [0.4, 0.5) is 0 Å². The van der Waals surface area contributed by atoms with E-state index in [0.29, 0.717) is 0 Å². The van der Waals surface area contributed by atoms with Crippen LogP contribution in [0.1, 0.15) is 11.4 Å². The summed E-state index contributed by atoms with van der Waals surface area (Å²) in [6.45, 7) is 4.07. The lowest BCUT2D eigenvalue weighted by atomic mass is 10.5. The van der Waals surface area contributed by atoms with E-state index in [1.54, 1.807) is 0 Å². The van der Waals surface area contributed by atoms with E-state index < -0.39 is 0 Å². The molecule has 2 rings (SSSR count). The fraction of sp³-hybridized carbons (Fsp3) is 0.167. The fourth-order valence-corrected chi connectivity index (χ4v) is 4.14. The first-order valence-corrected chi connectivity index (χ1v) is 8.27. The lowest BCUT2D eigenvalue weighted by molar-refractivity contribution is 1.12. The molecule has 2 heterocycles. The normalized spacial score (nSPS) is 10.6. The summed E-state index contributed by atoms with van der Waals surface area (Å²) in [7, 11) is 3.02. The SMILES string of the molecule is Cc1cccn1C(=S)SSC(=S)n1cccc1C. The predicted molar refractivity (Wildman–Crippen MR) is 89.5 cm³/mol. The highest BCUT2D eigenvalue weighted by Crippen LogP contribution is 2.28. The third-order valence-corrected chi connectivity index (χ3v) is 5.97. The molecule has 0 atom stereocenters. The van der Waals surface area contributed by atoms with Gasteiger partial charge in [0.25, 0.3) is 0 Å². The highest BCUT2D eigenvalue weighted by molar-refractivity contribution is 8.89. The van der Waals surface area contributed by atoms with Gasteiger partial charge in [-0.25, -0.2) is 0 Å². The second-order valence-electron chi connectivity index (χ2n) is 3.74. The van der Waals surface area contributed by atoms with Crippen LogP contribution in [0.25, 0.3) is 0 Å². The minimum Gasteiger partial charge on any atom is -0.306 e. The monoisotopic (exact) mass is 312 g/mol. The van der Waals surface area contributed by atoms with Gasteiger partial charge in [-0.1, -0.05) is 24.4 Å². The van der Waals surface area contributed by atoms with Gasteiger partial charge in [0.05, 0.1) is 0 Å². The van der Waals surface area contributed by atoms with Gasteiger partial charge in [-0.15, -0.1) is 0 Å². The average Bonchev–Trinajstić information content (AvgIpc) is 2.94. The van der Waals surface area contributed by atoms with Crippen LogP contribution < -0.4 is 0 Å². The summed E-state index contributed by atoms with van der Waals surface area (Å²) < 4.78 is 5.57. The van der Waals surface area contributed by atoms with Crippen molar-refractivity contribution in [1.82, 2.24) is 9.13 Å². The maximum Gasteiger partial charge on any atom is 0.155 e. The summed E-state index contributed by atoms with van der Waals surface area (Å²) in [4.78, 5) is 0. The van der Waals surface area contributed by atoms with Gasteiger partial charge in [0.15, 0.2) is 8.64 Å². The minimum atomic E-state index is 0.801. The van der Waals surface area contributed by atoms with Gasteiger partial charge in [-0.3, -0.25) is 0 Å². The Balaban J connectivity index is 1.97. The smallest absolute Gasteiger partial charge is 0.155 e. The van der Waals surface area contributed by atoms with Crippen molar-refractivity contribution in [2.24, 2.45) is 0 Å². The van der Waals surface area contributed by atoms with Crippen molar-refractivity contribution in [3.8, 4) is 0 Å². The molecule has 0 radical (unpaired) electrons.